The van der Waals surface area contributed by atoms with Crippen molar-refractivity contribution in [1.82, 2.24) is 0 Å². The van der Waals surface area contributed by atoms with Gasteiger partial charge in [-0.1, -0.05) is 58.3 Å². The third-order valence-electron chi connectivity index (χ3n) is 7.93. The Bertz CT molecular complexity index is 671. The molecular formula is C30H58O15. The zero-order chi connectivity index (χ0) is 33.0. The van der Waals surface area contributed by atoms with Gasteiger partial charge in [-0.15, -0.1) is 0 Å². The lowest BCUT2D eigenvalue weighted by atomic mass is 9.99. The Morgan fingerprint density at radius 2 is 0.933 bits per heavy atom. The van der Waals surface area contributed by atoms with E-state index in [1.807, 2.05) is 0 Å². The van der Waals surface area contributed by atoms with Gasteiger partial charge in [-0.3, -0.25) is 0 Å². The van der Waals surface area contributed by atoms with Crippen LogP contribution in [0.3, 0.4) is 0 Å². The van der Waals surface area contributed by atoms with Gasteiger partial charge in [0, 0.05) is 6.61 Å². The van der Waals surface area contributed by atoms with Crippen LogP contribution in [0.4, 0.5) is 0 Å². The molecule has 0 aromatic heterocycles. The fourth-order valence-corrected chi connectivity index (χ4v) is 5.09. The van der Waals surface area contributed by atoms with Crippen molar-refractivity contribution in [2.24, 2.45) is 0 Å². The first-order valence-corrected chi connectivity index (χ1v) is 16.4. The van der Waals surface area contributed by atoms with Gasteiger partial charge in [0.2, 0.25) is 0 Å². The van der Waals surface area contributed by atoms with Crippen LogP contribution in [0.1, 0.15) is 64.7 Å². The zero-order valence-corrected chi connectivity index (χ0v) is 26.5. The highest BCUT2D eigenvalue weighted by molar-refractivity contribution is 4.89. The van der Waals surface area contributed by atoms with Crippen LogP contribution in [0.2, 0.25) is 0 Å². The minimum atomic E-state index is -1.53. The number of unbranched alkanes of at least 4 members (excludes halogenated alkanes) is 8. The van der Waals surface area contributed by atoms with Gasteiger partial charge in [-0.2, -0.15) is 0 Å². The molecule has 8 N–H and O–H groups in total. The summed E-state index contributed by atoms with van der Waals surface area (Å²) >= 11 is 0. The first-order valence-electron chi connectivity index (χ1n) is 16.4. The Hall–Kier alpha value is -0.600. The van der Waals surface area contributed by atoms with E-state index in [4.69, 9.17) is 33.2 Å². The summed E-state index contributed by atoms with van der Waals surface area (Å²) in [5, 5.41) is 78.4. The molecule has 0 unspecified atom stereocenters. The summed E-state index contributed by atoms with van der Waals surface area (Å²) in [5.41, 5.74) is 0. The summed E-state index contributed by atoms with van der Waals surface area (Å²) in [6.07, 6.45) is -3.32. The summed E-state index contributed by atoms with van der Waals surface area (Å²) < 4.78 is 38.9. The lowest BCUT2D eigenvalue weighted by Crippen LogP contribution is -2.59. The Morgan fingerprint density at radius 3 is 1.36 bits per heavy atom. The summed E-state index contributed by atoms with van der Waals surface area (Å²) in [4.78, 5) is 0. The maximum absolute atomic E-state index is 10.1. The fraction of sp³-hybridized carbons (Fsp3) is 1.00. The Balaban J connectivity index is 1.70. The van der Waals surface area contributed by atoms with Crippen molar-refractivity contribution in [1.29, 1.82) is 0 Å². The van der Waals surface area contributed by atoms with Crippen molar-refractivity contribution >= 4 is 0 Å². The zero-order valence-electron chi connectivity index (χ0n) is 26.5. The van der Waals surface area contributed by atoms with Gasteiger partial charge in [-0.05, 0) is 6.42 Å². The second kappa shape index (κ2) is 23.7. The van der Waals surface area contributed by atoms with Gasteiger partial charge in [0.15, 0.2) is 12.6 Å². The van der Waals surface area contributed by atoms with Gasteiger partial charge in [0.25, 0.3) is 0 Å². The van der Waals surface area contributed by atoms with Gasteiger partial charge >= 0.3 is 0 Å². The Morgan fingerprint density at radius 1 is 0.511 bits per heavy atom. The second-order valence-corrected chi connectivity index (χ2v) is 11.6. The predicted octanol–water partition coefficient (Wildman–Crippen LogP) is -1.43. The molecule has 0 radical (unpaired) electrons. The quantitative estimate of drug-likeness (QED) is 0.0526. The molecule has 0 aliphatic carbocycles. The summed E-state index contributed by atoms with van der Waals surface area (Å²) in [6, 6.07) is 0. The SMILES string of the molecule is CCCCCCCCCCCOC(COCCO[C@H]1O[C@H](CO)[C@@H](O)[C@H](O)[C@@H]1O)COCCO[C@H]1O[C@H](CO)[C@@H](O)[C@H](O)[C@@H]1O. The van der Waals surface area contributed by atoms with Gasteiger partial charge in [-0.25, -0.2) is 0 Å². The van der Waals surface area contributed by atoms with E-state index in [9.17, 15) is 40.9 Å². The van der Waals surface area contributed by atoms with Crippen molar-refractivity contribution in [2.75, 3.05) is 59.5 Å². The predicted molar refractivity (Wildman–Crippen MR) is 158 cm³/mol. The van der Waals surface area contributed by atoms with Crippen LogP contribution in [0.5, 0.6) is 0 Å². The van der Waals surface area contributed by atoms with Crippen LogP contribution >= 0.6 is 0 Å². The molecule has 15 heteroatoms. The van der Waals surface area contributed by atoms with Gasteiger partial charge in [0.1, 0.15) is 54.9 Å². The summed E-state index contributed by atoms with van der Waals surface area (Å²) in [6.45, 7) is 2.18. The molecule has 2 heterocycles. The molecule has 45 heavy (non-hydrogen) atoms. The molecule has 0 saturated carbocycles. The van der Waals surface area contributed by atoms with Crippen molar-refractivity contribution in [3.63, 3.8) is 0 Å². The molecule has 2 aliphatic heterocycles. The maximum atomic E-state index is 10.1. The molecule has 0 amide bonds. The van der Waals surface area contributed by atoms with Crippen molar-refractivity contribution in [2.45, 2.75) is 132 Å². The summed E-state index contributed by atoms with van der Waals surface area (Å²) in [5.74, 6) is 0. The molecule has 2 fully saturated rings. The lowest BCUT2D eigenvalue weighted by Gasteiger charge is -2.39. The van der Waals surface area contributed by atoms with Crippen LogP contribution in [0.25, 0.3) is 0 Å². The van der Waals surface area contributed by atoms with E-state index >= 15 is 0 Å². The van der Waals surface area contributed by atoms with Crippen LogP contribution < -0.4 is 0 Å². The topological polar surface area (TPSA) is 226 Å². The molecule has 2 rings (SSSR count). The Kier molecular flexibility index (Phi) is 21.4. The molecule has 2 saturated heterocycles. The maximum Gasteiger partial charge on any atom is 0.186 e. The lowest BCUT2D eigenvalue weighted by molar-refractivity contribution is -0.303. The molecule has 268 valence electrons. The standard InChI is InChI=1S/C30H58O15/c1-2-3-4-5-6-7-8-9-10-11-41-20(18-39-12-14-42-29-27(37)25(35)23(33)21(16-31)44-29)19-40-13-15-43-30-28(38)26(36)24(34)22(17-32)45-30/h20-38H,2-19H2,1H3/t21-,22-,23-,24-,25+,26+,27+,28+,29+,30+/m1/s1. The minimum Gasteiger partial charge on any atom is -0.394 e. The van der Waals surface area contributed by atoms with E-state index < -0.39 is 80.7 Å². The van der Waals surface area contributed by atoms with E-state index in [1.54, 1.807) is 0 Å². The van der Waals surface area contributed by atoms with E-state index in [-0.39, 0.29) is 39.6 Å². The highest BCUT2D eigenvalue weighted by Gasteiger charge is 2.45. The largest absolute Gasteiger partial charge is 0.394 e. The molecule has 0 aromatic carbocycles. The van der Waals surface area contributed by atoms with Gasteiger partial charge in [0.05, 0.1) is 52.9 Å². The van der Waals surface area contributed by atoms with Crippen LogP contribution in [0, 0.1) is 0 Å². The first kappa shape index (κ1) is 40.6. The van der Waals surface area contributed by atoms with E-state index in [0.29, 0.717) is 6.61 Å². The first-order chi connectivity index (χ1) is 21.7. The van der Waals surface area contributed by atoms with E-state index in [0.717, 1.165) is 19.3 Å². The van der Waals surface area contributed by atoms with Crippen molar-refractivity contribution in [3.05, 3.63) is 0 Å². The monoisotopic (exact) mass is 658 g/mol. The van der Waals surface area contributed by atoms with E-state index in [2.05, 4.69) is 6.92 Å². The average Bonchev–Trinajstić information content (AvgIpc) is 3.04. The smallest absolute Gasteiger partial charge is 0.186 e. The third-order valence-corrected chi connectivity index (χ3v) is 7.93. The fourth-order valence-electron chi connectivity index (χ4n) is 5.09. The third kappa shape index (κ3) is 14.6. The molecule has 2 aliphatic rings. The van der Waals surface area contributed by atoms with Crippen LogP contribution in [-0.2, 0) is 33.2 Å². The Labute approximate surface area is 265 Å². The number of aliphatic hydroxyl groups is 8. The molecule has 0 aromatic rings. The molecule has 15 nitrogen and oxygen atoms in total. The summed E-state index contributed by atoms with van der Waals surface area (Å²) in [7, 11) is 0. The number of hydrogen-bond donors (Lipinski definition) is 8. The van der Waals surface area contributed by atoms with E-state index in [1.165, 1.54) is 38.5 Å². The molecular weight excluding hydrogens is 600 g/mol. The van der Waals surface area contributed by atoms with Crippen molar-refractivity contribution in [3.8, 4) is 0 Å². The average molecular weight is 659 g/mol. The highest BCUT2D eigenvalue weighted by atomic mass is 16.7. The number of aliphatic hydroxyl groups excluding tert-OH is 8. The van der Waals surface area contributed by atoms with Crippen LogP contribution in [-0.4, -0.2) is 168 Å². The van der Waals surface area contributed by atoms with Gasteiger partial charge < -0.3 is 74.0 Å². The number of hydrogen-bond acceptors (Lipinski definition) is 15. The molecule has 0 spiro atoms. The minimum absolute atomic E-state index is 0.00145. The van der Waals surface area contributed by atoms with Crippen molar-refractivity contribution < 1.29 is 74.0 Å². The van der Waals surface area contributed by atoms with Crippen LogP contribution in [0.15, 0.2) is 0 Å². The normalized spacial score (nSPS) is 32.4. The second-order valence-electron chi connectivity index (χ2n) is 11.6. The molecule has 0 bridgehead atoms. The molecule has 10 atom stereocenters. The highest BCUT2D eigenvalue weighted by Crippen LogP contribution is 2.23. The number of ether oxygens (including phenoxy) is 7. The number of rotatable bonds is 25.